The van der Waals surface area contributed by atoms with E-state index in [-0.39, 0.29) is 5.41 Å². The zero-order chi connectivity index (χ0) is 8.48. The fraction of sp³-hybridized carbons (Fsp3) is 0.625. The van der Waals surface area contributed by atoms with Gasteiger partial charge in [0, 0.05) is 18.7 Å². The average Bonchev–Trinajstić information content (AvgIpc) is 2.70. The van der Waals surface area contributed by atoms with E-state index < -0.39 is 0 Å². The van der Waals surface area contributed by atoms with Crippen LogP contribution in [0.2, 0.25) is 0 Å². The first-order valence-corrected chi connectivity index (χ1v) is 4.07. The molecule has 0 radical (unpaired) electrons. The summed E-state index contributed by atoms with van der Waals surface area (Å²) < 4.78 is 0. The van der Waals surface area contributed by atoms with E-state index in [1.54, 1.807) is 7.05 Å². The van der Waals surface area contributed by atoms with E-state index in [0.717, 1.165) is 5.71 Å². The van der Waals surface area contributed by atoms with Gasteiger partial charge in [-0.1, -0.05) is 18.5 Å². The molecular weight excluding hydrogens is 160 g/mol. The van der Waals surface area contributed by atoms with Gasteiger partial charge < -0.3 is 5.73 Å². The van der Waals surface area contributed by atoms with Crippen molar-refractivity contribution in [1.29, 1.82) is 0 Å². The molecule has 0 atom stereocenters. The summed E-state index contributed by atoms with van der Waals surface area (Å²) in [5.41, 5.74) is 6.45. The maximum absolute atomic E-state index is 5.86. The molecule has 0 amide bonds. The minimum absolute atomic E-state index is 0.210. The predicted molar refractivity (Wildman–Crippen MR) is 48.8 cm³/mol. The van der Waals surface area contributed by atoms with Gasteiger partial charge >= 0.3 is 0 Å². The van der Waals surface area contributed by atoms with Crippen LogP contribution in [0.5, 0.6) is 0 Å². The normalized spacial score (nSPS) is 23.5. The lowest BCUT2D eigenvalue weighted by Crippen LogP contribution is -2.13. The molecule has 0 aromatic carbocycles. The van der Waals surface area contributed by atoms with Gasteiger partial charge in [0.25, 0.3) is 0 Å². The molecule has 3 heteroatoms. The number of nitrogens with zero attached hydrogens (tertiary/aromatic N) is 1. The Morgan fingerprint density at radius 3 is 2.45 bits per heavy atom. The predicted octanol–water partition coefficient (Wildman–Crippen LogP) is 1.90. The highest BCUT2D eigenvalue weighted by atomic mass is 35.5. The SMILES string of the molecule is CN=C(/C(Cl)=C\N)C1(C)CC1. The number of rotatable bonds is 2. The lowest BCUT2D eigenvalue weighted by molar-refractivity contribution is 0.803. The topological polar surface area (TPSA) is 38.4 Å². The first kappa shape index (κ1) is 8.60. The quantitative estimate of drug-likeness (QED) is 0.635. The molecule has 0 aromatic rings. The summed E-state index contributed by atoms with van der Waals surface area (Å²) in [5, 5.41) is 0.590. The van der Waals surface area contributed by atoms with E-state index in [2.05, 4.69) is 11.9 Å². The average molecular weight is 173 g/mol. The summed E-state index contributed by atoms with van der Waals surface area (Å²) in [7, 11) is 1.75. The lowest BCUT2D eigenvalue weighted by Gasteiger charge is -2.09. The van der Waals surface area contributed by atoms with Crippen LogP contribution in [-0.2, 0) is 0 Å². The van der Waals surface area contributed by atoms with Gasteiger partial charge in [-0.3, -0.25) is 4.99 Å². The Morgan fingerprint density at radius 2 is 2.18 bits per heavy atom. The van der Waals surface area contributed by atoms with Crippen LogP contribution in [-0.4, -0.2) is 12.8 Å². The first-order valence-electron chi connectivity index (χ1n) is 3.69. The first-order chi connectivity index (χ1) is 5.14. The van der Waals surface area contributed by atoms with Crippen LogP contribution in [0.25, 0.3) is 0 Å². The van der Waals surface area contributed by atoms with E-state index in [9.17, 15) is 0 Å². The zero-order valence-electron chi connectivity index (χ0n) is 6.89. The van der Waals surface area contributed by atoms with Crippen molar-refractivity contribution in [3.8, 4) is 0 Å². The number of nitrogens with two attached hydrogens (primary N) is 1. The van der Waals surface area contributed by atoms with E-state index in [1.807, 2.05) is 0 Å². The van der Waals surface area contributed by atoms with Crippen LogP contribution >= 0.6 is 11.6 Å². The Balaban J connectivity index is 2.81. The molecule has 1 aliphatic carbocycles. The van der Waals surface area contributed by atoms with Crippen molar-refractivity contribution in [2.24, 2.45) is 16.1 Å². The minimum atomic E-state index is 0.210. The second-order valence-corrected chi connectivity index (χ2v) is 3.55. The summed E-state index contributed by atoms with van der Waals surface area (Å²) in [5.74, 6) is 0. The molecule has 2 N–H and O–H groups in total. The third kappa shape index (κ3) is 1.56. The number of halogens is 1. The van der Waals surface area contributed by atoms with Crippen molar-refractivity contribution >= 4 is 17.3 Å². The molecule has 2 nitrogen and oxygen atoms in total. The van der Waals surface area contributed by atoms with E-state index >= 15 is 0 Å². The van der Waals surface area contributed by atoms with Crippen molar-refractivity contribution in [2.75, 3.05) is 7.05 Å². The molecule has 1 rings (SSSR count). The Labute approximate surface area is 72.1 Å². The molecule has 1 aliphatic rings. The summed E-state index contributed by atoms with van der Waals surface area (Å²) in [4.78, 5) is 4.13. The fourth-order valence-electron chi connectivity index (χ4n) is 1.17. The van der Waals surface area contributed by atoms with Crippen LogP contribution in [0.4, 0.5) is 0 Å². The van der Waals surface area contributed by atoms with Crippen molar-refractivity contribution < 1.29 is 0 Å². The van der Waals surface area contributed by atoms with Crippen LogP contribution in [0, 0.1) is 5.41 Å². The highest BCUT2D eigenvalue weighted by molar-refractivity contribution is 6.44. The third-order valence-corrected chi connectivity index (χ3v) is 2.47. The Kier molecular flexibility index (Phi) is 2.23. The number of hydrogen-bond donors (Lipinski definition) is 1. The third-order valence-electron chi connectivity index (χ3n) is 2.17. The fourth-order valence-corrected chi connectivity index (χ4v) is 1.48. The molecule has 1 fully saturated rings. The molecular formula is C8H13ClN2. The van der Waals surface area contributed by atoms with Crippen LogP contribution in [0.15, 0.2) is 16.2 Å². The van der Waals surface area contributed by atoms with E-state index in [0.29, 0.717) is 5.03 Å². The lowest BCUT2D eigenvalue weighted by atomic mass is 10.0. The highest BCUT2D eigenvalue weighted by Gasteiger charge is 2.43. The summed E-state index contributed by atoms with van der Waals surface area (Å²) in [6, 6.07) is 0. The standard InChI is InChI=1S/C8H13ClN2/c1-8(3-4-8)7(11-2)6(9)5-10/h5H,3-4,10H2,1-2H3/b6-5+,11-7?. The van der Waals surface area contributed by atoms with Crippen molar-refractivity contribution in [3.05, 3.63) is 11.2 Å². The van der Waals surface area contributed by atoms with Crippen LogP contribution in [0.3, 0.4) is 0 Å². The number of hydrogen-bond acceptors (Lipinski definition) is 2. The largest absolute Gasteiger partial charge is 0.403 e. The minimum Gasteiger partial charge on any atom is -0.403 e. The van der Waals surface area contributed by atoms with Gasteiger partial charge in [-0.2, -0.15) is 0 Å². The molecule has 0 bridgehead atoms. The van der Waals surface area contributed by atoms with Crippen LogP contribution in [0.1, 0.15) is 19.8 Å². The van der Waals surface area contributed by atoms with E-state index in [4.69, 9.17) is 17.3 Å². The molecule has 0 spiro atoms. The molecule has 0 saturated heterocycles. The zero-order valence-corrected chi connectivity index (χ0v) is 7.65. The summed E-state index contributed by atoms with van der Waals surface area (Å²) in [6.45, 7) is 2.15. The van der Waals surface area contributed by atoms with Crippen molar-refractivity contribution in [3.63, 3.8) is 0 Å². The Bertz CT molecular complexity index is 214. The van der Waals surface area contributed by atoms with Gasteiger partial charge in [0.1, 0.15) is 0 Å². The maximum atomic E-state index is 5.86. The van der Waals surface area contributed by atoms with Gasteiger partial charge in [0.15, 0.2) is 0 Å². The molecule has 62 valence electrons. The van der Waals surface area contributed by atoms with Gasteiger partial charge in [0.05, 0.1) is 10.7 Å². The number of allylic oxidation sites excluding steroid dienone is 1. The molecule has 0 aliphatic heterocycles. The molecule has 11 heavy (non-hydrogen) atoms. The van der Waals surface area contributed by atoms with Crippen molar-refractivity contribution in [2.45, 2.75) is 19.8 Å². The van der Waals surface area contributed by atoms with Gasteiger partial charge in [-0.05, 0) is 12.8 Å². The number of aliphatic imine (C=N–C) groups is 1. The van der Waals surface area contributed by atoms with Crippen LogP contribution < -0.4 is 5.73 Å². The second-order valence-electron chi connectivity index (χ2n) is 3.15. The monoisotopic (exact) mass is 172 g/mol. The Hall–Kier alpha value is -0.500. The smallest absolute Gasteiger partial charge is 0.0776 e. The second kappa shape index (κ2) is 2.86. The highest BCUT2D eigenvalue weighted by Crippen LogP contribution is 2.48. The Morgan fingerprint density at radius 1 is 1.64 bits per heavy atom. The molecule has 0 unspecified atom stereocenters. The van der Waals surface area contributed by atoms with Crippen molar-refractivity contribution in [1.82, 2.24) is 0 Å². The molecule has 0 aromatic heterocycles. The van der Waals surface area contributed by atoms with E-state index in [1.165, 1.54) is 19.0 Å². The summed E-state index contributed by atoms with van der Waals surface area (Å²) in [6.07, 6.45) is 3.75. The molecule has 1 saturated carbocycles. The summed E-state index contributed by atoms with van der Waals surface area (Å²) >= 11 is 5.86. The maximum Gasteiger partial charge on any atom is 0.0776 e. The van der Waals surface area contributed by atoms with Gasteiger partial charge in [-0.15, -0.1) is 0 Å². The molecule has 0 heterocycles. The van der Waals surface area contributed by atoms with Gasteiger partial charge in [-0.25, -0.2) is 0 Å². The van der Waals surface area contributed by atoms with Gasteiger partial charge in [0.2, 0.25) is 0 Å².